The van der Waals surface area contributed by atoms with Gasteiger partial charge in [0.15, 0.2) is 5.58 Å². The smallest absolute Gasteiger partial charge is 0.227 e. The number of aromatic amines is 1. The Bertz CT molecular complexity index is 1150. The Morgan fingerprint density at radius 2 is 1.94 bits per heavy atom. The summed E-state index contributed by atoms with van der Waals surface area (Å²) in [5.41, 5.74) is 5.41. The Balaban J connectivity index is 1.16. The van der Waals surface area contributed by atoms with E-state index >= 15 is 0 Å². The number of piperidine rings is 1. The van der Waals surface area contributed by atoms with E-state index in [1.165, 1.54) is 0 Å². The summed E-state index contributed by atoms with van der Waals surface area (Å²) in [6, 6.07) is 17.4. The molecule has 1 amide bonds. The van der Waals surface area contributed by atoms with Gasteiger partial charge in [-0.3, -0.25) is 14.8 Å². The minimum Gasteiger partial charge on any atom is -0.436 e. The van der Waals surface area contributed by atoms with Crippen molar-refractivity contribution in [3.63, 3.8) is 0 Å². The van der Waals surface area contributed by atoms with E-state index in [0.717, 1.165) is 66.2 Å². The number of hydrogen-bond donors (Lipinski definition) is 2. The Hall–Kier alpha value is -3.45. The molecule has 1 fully saturated rings. The Morgan fingerprint density at radius 1 is 1.16 bits per heavy atom. The summed E-state index contributed by atoms with van der Waals surface area (Å²) in [4.78, 5) is 19.6. The van der Waals surface area contributed by atoms with E-state index in [-0.39, 0.29) is 11.8 Å². The van der Waals surface area contributed by atoms with Gasteiger partial charge in [0.1, 0.15) is 5.52 Å². The molecule has 0 saturated carbocycles. The Morgan fingerprint density at radius 3 is 2.65 bits per heavy atom. The predicted octanol–water partition coefficient (Wildman–Crippen LogP) is 4.38. The van der Waals surface area contributed by atoms with Gasteiger partial charge in [-0.2, -0.15) is 5.10 Å². The molecule has 2 aromatic heterocycles. The molecule has 2 aromatic carbocycles. The highest BCUT2D eigenvalue weighted by Gasteiger charge is 2.25. The van der Waals surface area contributed by atoms with Gasteiger partial charge in [0.2, 0.25) is 11.8 Å². The monoisotopic (exact) mass is 415 g/mol. The molecule has 1 aliphatic heterocycles. The number of anilines is 1. The molecule has 1 saturated heterocycles. The molecule has 5 rings (SSSR count). The maximum absolute atomic E-state index is 12.7. The molecule has 0 aliphatic carbocycles. The number of carbonyl (C=O) groups excluding carboxylic acids is 1. The molecule has 158 valence electrons. The molecule has 0 spiro atoms. The van der Waals surface area contributed by atoms with Crippen LogP contribution in [0.1, 0.15) is 24.2 Å². The molecule has 4 aromatic rings. The van der Waals surface area contributed by atoms with Crippen molar-refractivity contribution in [1.29, 1.82) is 0 Å². The van der Waals surface area contributed by atoms with E-state index in [1.54, 1.807) is 0 Å². The molecule has 31 heavy (non-hydrogen) atoms. The molecule has 0 atom stereocenters. The van der Waals surface area contributed by atoms with Gasteiger partial charge in [0.25, 0.3) is 0 Å². The number of benzene rings is 2. The lowest BCUT2D eigenvalue weighted by Crippen LogP contribution is -2.37. The lowest BCUT2D eigenvalue weighted by atomic mass is 9.95. The van der Waals surface area contributed by atoms with E-state index < -0.39 is 0 Å². The molecular weight excluding hydrogens is 390 g/mol. The summed E-state index contributed by atoms with van der Waals surface area (Å²) in [6.45, 7) is 4.64. The minimum absolute atomic E-state index is 0.0360. The highest BCUT2D eigenvalue weighted by Crippen LogP contribution is 2.26. The van der Waals surface area contributed by atoms with E-state index in [9.17, 15) is 4.79 Å². The second-order valence-corrected chi connectivity index (χ2v) is 8.15. The SMILES string of the molecule is Cc1cc(CN2CCC(C(=O)Nc3ccc(-c4nc5ccccc5o4)cc3)CC2)n[nH]1. The van der Waals surface area contributed by atoms with Gasteiger partial charge in [0, 0.05) is 29.4 Å². The largest absolute Gasteiger partial charge is 0.436 e. The van der Waals surface area contributed by atoms with Gasteiger partial charge in [-0.25, -0.2) is 4.98 Å². The standard InChI is InChI=1S/C24H25N5O2/c1-16-14-20(28-27-16)15-29-12-10-17(11-13-29)23(30)25-19-8-6-18(7-9-19)24-26-21-4-2-3-5-22(21)31-24/h2-9,14,17H,10-13,15H2,1H3,(H,25,30)(H,27,28). The average molecular weight is 415 g/mol. The Kier molecular flexibility index (Phi) is 5.26. The molecule has 3 heterocycles. The first-order valence-electron chi connectivity index (χ1n) is 10.6. The fraction of sp³-hybridized carbons (Fsp3) is 0.292. The molecule has 0 bridgehead atoms. The molecular formula is C24H25N5O2. The van der Waals surface area contributed by atoms with Gasteiger partial charge in [-0.05, 0) is 75.3 Å². The number of carbonyl (C=O) groups is 1. The zero-order chi connectivity index (χ0) is 21.2. The summed E-state index contributed by atoms with van der Waals surface area (Å²) in [6.07, 6.45) is 1.71. The van der Waals surface area contributed by atoms with E-state index in [1.807, 2.05) is 55.5 Å². The topological polar surface area (TPSA) is 87.1 Å². The number of rotatable bonds is 5. The first-order valence-corrected chi connectivity index (χ1v) is 10.6. The summed E-state index contributed by atoms with van der Waals surface area (Å²) in [5.74, 6) is 0.706. The number of amides is 1. The van der Waals surface area contributed by atoms with Crippen LogP contribution in [0, 0.1) is 12.8 Å². The predicted molar refractivity (Wildman–Crippen MR) is 119 cm³/mol. The van der Waals surface area contributed by atoms with Crippen LogP contribution >= 0.6 is 0 Å². The van der Waals surface area contributed by atoms with Crippen LogP contribution in [0.5, 0.6) is 0 Å². The first kappa shape index (κ1) is 19.5. The van der Waals surface area contributed by atoms with Crippen LogP contribution < -0.4 is 5.32 Å². The summed E-state index contributed by atoms with van der Waals surface area (Å²) >= 11 is 0. The number of para-hydroxylation sites is 2. The average Bonchev–Trinajstić information content (AvgIpc) is 3.40. The second kappa shape index (κ2) is 8.35. The van der Waals surface area contributed by atoms with Crippen LogP contribution in [0.4, 0.5) is 5.69 Å². The van der Waals surface area contributed by atoms with Gasteiger partial charge in [-0.1, -0.05) is 12.1 Å². The summed E-state index contributed by atoms with van der Waals surface area (Å²) in [5, 5.41) is 10.3. The summed E-state index contributed by atoms with van der Waals surface area (Å²) < 4.78 is 5.81. The van der Waals surface area contributed by atoms with Crippen LogP contribution in [-0.2, 0) is 11.3 Å². The van der Waals surface area contributed by atoms with Crippen molar-refractivity contribution < 1.29 is 9.21 Å². The molecule has 0 radical (unpaired) electrons. The van der Waals surface area contributed by atoms with E-state index in [2.05, 4.69) is 31.5 Å². The Labute approximate surface area is 180 Å². The first-order chi connectivity index (χ1) is 15.1. The van der Waals surface area contributed by atoms with Crippen LogP contribution in [0.15, 0.2) is 59.0 Å². The highest BCUT2D eigenvalue weighted by molar-refractivity contribution is 5.92. The third-order valence-corrected chi connectivity index (χ3v) is 5.80. The number of nitrogens with zero attached hydrogens (tertiary/aromatic N) is 3. The quantitative estimate of drug-likeness (QED) is 0.505. The van der Waals surface area contributed by atoms with Gasteiger partial charge >= 0.3 is 0 Å². The third-order valence-electron chi connectivity index (χ3n) is 5.80. The van der Waals surface area contributed by atoms with E-state index in [4.69, 9.17) is 4.42 Å². The van der Waals surface area contributed by atoms with Gasteiger partial charge in [0.05, 0.1) is 5.69 Å². The zero-order valence-electron chi connectivity index (χ0n) is 17.5. The molecule has 7 heteroatoms. The number of H-pyrrole nitrogens is 1. The maximum Gasteiger partial charge on any atom is 0.227 e. The van der Waals surface area contributed by atoms with Crippen LogP contribution in [0.25, 0.3) is 22.6 Å². The number of aromatic nitrogens is 3. The van der Waals surface area contributed by atoms with E-state index in [0.29, 0.717) is 5.89 Å². The van der Waals surface area contributed by atoms with Crippen molar-refractivity contribution in [2.45, 2.75) is 26.3 Å². The fourth-order valence-electron chi connectivity index (χ4n) is 4.07. The number of oxazole rings is 1. The maximum atomic E-state index is 12.7. The zero-order valence-corrected chi connectivity index (χ0v) is 17.5. The molecule has 7 nitrogen and oxygen atoms in total. The molecule has 0 unspecified atom stereocenters. The van der Waals surface area contributed by atoms with Gasteiger partial charge in [-0.15, -0.1) is 0 Å². The summed E-state index contributed by atoms with van der Waals surface area (Å²) in [7, 11) is 0. The molecule has 2 N–H and O–H groups in total. The van der Waals surface area contributed by atoms with Crippen LogP contribution in [-0.4, -0.2) is 39.1 Å². The molecule has 1 aliphatic rings. The van der Waals surface area contributed by atoms with Crippen molar-refractivity contribution in [3.8, 4) is 11.5 Å². The fourth-order valence-corrected chi connectivity index (χ4v) is 4.07. The number of hydrogen-bond acceptors (Lipinski definition) is 5. The number of nitrogens with one attached hydrogen (secondary N) is 2. The van der Waals surface area contributed by atoms with Crippen molar-refractivity contribution in [1.82, 2.24) is 20.1 Å². The second-order valence-electron chi connectivity index (χ2n) is 8.15. The third kappa shape index (κ3) is 4.36. The highest BCUT2D eigenvalue weighted by atomic mass is 16.3. The van der Waals surface area contributed by atoms with Gasteiger partial charge < -0.3 is 9.73 Å². The van der Waals surface area contributed by atoms with Crippen LogP contribution in [0.2, 0.25) is 0 Å². The number of likely N-dealkylation sites (tertiary alicyclic amines) is 1. The lowest BCUT2D eigenvalue weighted by Gasteiger charge is -2.30. The lowest BCUT2D eigenvalue weighted by molar-refractivity contribution is -0.121. The number of aryl methyl sites for hydroxylation is 1. The normalized spacial score (nSPS) is 15.4. The number of fused-ring (bicyclic) bond motifs is 1. The minimum atomic E-state index is 0.0360. The van der Waals surface area contributed by atoms with Crippen LogP contribution in [0.3, 0.4) is 0 Å². The van der Waals surface area contributed by atoms with Crippen molar-refractivity contribution in [3.05, 3.63) is 66.0 Å². The van der Waals surface area contributed by atoms with Crippen molar-refractivity contribution >= 4 is 22.7 Å². The van der Waals surface area contributed by atoms with Crippen molar-refractivity contribution in [2.75, 3.05) is 18.4 Å². The van der Waals surface area contributed by atoms with Crippen molar-refractivity contribution in [2.24, 2.45) is 5.92 Å².